The normalized spacial score (nSPS) is 10.3. The Morgan fingerprint density at radius 3 is 2.88 bits per heavy atom. The number of anilines is 1. The molecule has 0 saturated heterocycles. The average molecular weight is 283 g/mol. The van der Waals surface area contributed by atoms with Crippen molar-refractivity contribution in [2.75, 3.05) is 5.73 Å². The van der Waals surface area contributed by atoms with Gasteiger partial charge in [0, 0.05) is 10.0 Å². The quantitative estimate of drug-likeness (QED) is 0.883. The molecule has 3 N–H and O–H groups in total. The Hall–Kier alpha value is -1.82. The number of carboxylic acids is 1. The predicted molar refractivity (Wildman–Crippen MR) is 61.0 cm³/mol. The Labute approximate surface area is 99.0 Å². The topological polar surface area (TPSA) is 89.3 Å². The molecule has 1 aromatic carbocycles. The van der Waals surface area contributed by atoms with Crippen molar-refractivity contribution >= 4 is 27.9 Å². The number of nitrogens with two attached hydrogens (primary N) is 1. The summed E-state index contributed by atoms with van der Waals surface area (Å²) < 4.78 is 5.64. The van der Waals surface area contributed by atoms with Gasteiger partial charge < -0.3 is 15.3 Å². The number of aromatic carboxylic acids is 1. The maximum absolute atomic E-state index is 10.9. The summed E-state index contributed by atoms with van der Waals surface area (Å²) in [5.74, 6) is -1.45. The molecule has 0 atom stereocenters. The smallest absolute Gasteiger partial charge is 0.374 e. The summed E-state index contributed by atoms with van der Waals surface area (Å²) in [5, 5.41) is 8.91. The Bertz CT molecular complexity index is 551. The molecule has 1 aromatic heterocycles. The summed E-state index contributed by atoms with van der Waals surface area (Å²) in [4.78, 5) is 14.7. The number of hydrogen-bond donors (Lipinski definition) is 2. The van der Waals surface area contributed by atoms with E-state index in [9.17, 15) is 4.79 Å². The van der Waals surface area contributed by atoms with Gasteiger partial charge >= 0.3 is 5.97 Å². The minimum atomic E-state index is -1.20. The largest absolute Gasteiger partial charge is 0.475 e. The highest BCUT2D eigenvalue weighted by Gasteiger charge is 2.19. The SMILES string of the molecule is Nc1nc(-c2cccc(Br)c2)c(C(=O)O)o1. The van der Waals surface area contributed by atoms with Gasteiger partial charge in [0.25, 0.3) is 6.01 Å². The molecule has 0 spiro atoms. The molecule has 0 saturated carbocycles. The second-order valence-electron chi connectivity index (χ2n) is 3.05. The first-order chi connectivity index (χ1) is 7.58. The van der Waals surface area contributed by atoms with Gasteiger partial charge in [-0.3, -0.25) is 0 Å². The van der Waals surface area contributed by atoms with E-state index in [0.717, 1.165) is 4.47 Å². The monoisotopic (exact) mass is 282 g/mol. The van der Waals surface area contributed by atoms with E-state index in [1.54, 1.807) is 18.2 Å². The molecule has 16 heavy (non-hydrogen) atoms. The lowest BCUT2D eigenvalue weighted by molar-refractivity contribution is 0.0665. The van der Waals surface area contributed by atoms with Crippen LogP contribution in [-0.2, 0) is 0 Å². The van der Waals surface area contributed by atoms with E-state index in [-0.39, 0.29) is 17.5 Å². The number of benzene rings is 1. The van der Waals surface area contributed by atoms with Crippen LogP contribution in [0.3, 0.4) is 0 Å². The molecule has 0 unspecified atom stereocenters. The van der Waals surface area contributed by atoms with E-state index in [2.05, 4.69) is 20.9 Å². The van der Waals surface area contributed by atoms with Crippen LogP contribution in [0.5, 0.6) is 0 Å². The van der Waals surface area contributed by atoms with Gasteiger partial charge in [-0.15, -0.1) is 0 Å². The van der Waals surface area contributed by atoms with Gasteiger partial charge in [-0.2, -0.15) is 4.98 Å². The molecule has 6 heteroatoms. The number of carboxylic acid groups (broad SMARTS) is 1. The van der Waals surface area contributed by atoms with Crippen LogP contribution in [0.25, 0.3) is 11.3 Å². The van der Waals surface area contributed by atoms with E-state index in [0.29, 0.717) is 5.56 Å². The number of nitrogens with zero attached hydrogens (tertiary/aromatic N) is 1. The van der Waals surface area contributed by atoms with Crippen molar-refractivity contribution in [3.63, 3.8) is 0 Å². The Balaban J connectivity index is 2.59. The molecule has 2 rings (SSSR count). The van der Waals surface area contributed by atoms with Gasteiger partial charge in [0.05, 0.1) is 0 Å². The molecule has 0 aliphatic carbocycles. The molecule has 0 amide bonds. The molecular formula is C10H7BrN2O3. The second kappa shape index (κ2) is 3.97. The van der Waals surface area contributed by atoms with Crippen LogP contribution in [-0.4, -0.2) is 16.1 Å². The first kappa shape index (κ1) is 10.7. The molecular weight excluding hydrogens is 276 g/mol. The van der Waals surface area contributed by atoms with Crippen molar-refractivity contribution in [2.45, 2.75) is 0 Å². The van der Waals surface area contributed by atoms with E-state index in [4.69, 9.17) is 15.3 Å². The molecule has 82 valence electrons. The summed E-state index contributed by atoms with van der Waals surface area (Å²) in [5.41, 5.74) is 6.20. The zero-order chi connectivity index (χ0) is 11.7. The minimum absolute atomic E-state index is 0.160. The molecule has 2 aromatic rings. The number of nitrogen functional groups attached to an aromatic ring is 1. The van der Waals surface area contributed by atoms with Crippen molar-refractivity contribution < 1.29 is 14.3 Å². The van der Waals surface area contributed by atoms with Crippen molar-refractivity contribution in [3.05, 3.63) is 34.5 Å². The number of rotatable bonds is 2. The third-order valence-corrected chi connectivity index (χ3v) is 2.43. The van der Waals surface area contributed by atoms with Crippen LogP contribution in [0.1, 0.15) is 10.6 Å². The van der Waals surface area contributed by atoms with Gasteiger partial charge in [0.2, 0.25) is 5.76 Å². The number of aromatic nitrogens is 1. The first-order valence-corrected chi connectivity index (χ1v) is 5.13. The fourth-order valence-electron chi connectivity index (χ4n) is 1.31. The summed E-state index contributed by atoms with van der Waals surface area (Å²) in [6.07, 6.45) is 0. The minimum Gasteiger partial charge on any atom is -0.475 e. The van der Waals surface area contributed by atoms with Crippen LogP contribution in [0.15, 0.2) is 33.2 Å². The zero-order valence-electron chi connectivity index (χ0n) is 7.98. The number of halogens is 1. The lowest BCUT2D eigenvalue weighted by Gasteiger charge is -1.97. The van der Waals surface area contributed by atoms with Crippen molar-refractivity contribution in [1.29, 1.82) is 0 Å². The highest BCUT2D eigenvalue weighted by atomic mass is 79.9. The molecule has 0 aliphatic heterocycles. The number of hydrogen-bond acceptors (Lipinski definition) is 4. The molecule has 5 nitrogen and oxygen atoms in total. The van der Waals surface area contributed by atoms with Gasteiger partial charge in [-0.25, -0.2) is 4.79 Å². The lowest BCUT2D eigenvalue weighted by Crippen LogP contribution is -1.96. The van der Waals surface area contributed by atoms with E-state index in [1.165, 1.54) is 0 Å². The summed E-state index contributed by atoms with van der Waals surface area (Å²) in [7, 11) is 0. The molecule has 0 aliphatic rings. The van der Waals surface area contributed by atoms with Crippen LogP contribution >= 0.6 is 15.9 Å². The third-order valence-electron chi connectivity index (χ3n) is 1.94. The highest BCUT2D eigenvalue weighted by molar-refractivity contribution is 9.10. The Kier molecular flexibility index (Phi) is 2.66. The van der Waals surface area contributed by atoms with Gasteiger partial charge in [-0.05, 0) is 12.1 Å². The first-order valence-electron chi connectivity index (χ1n) is 4.33. The summed E-state index contributed by atoms with van der Waals surface area (Å²) in [6.45, 7) is 0. The van der Waals surface area contributed by atoms with Gasteiger partial charge in [-0.1, -0.05) is 28.1 Å². The second-order valence-corrected chi connectivity index (χ2v) is 3.96. The number of carbonyl (C=O) groups is 1. The summed E-state index contributed by atoms with van der Waals surface area (Å²) in [6, 6.07) is 6.91. The van der Waals surface area contributed by atoms with Crippen LogP contribution in [0.4, 0.5) is 6.01 Å². The average Bonchev–Trinajstić information content (AvgIpc) is 2.60. The van der Waals surface area contributed by atoms with Gasteiger partial charge in [0.15, 0.2) is 0 Å². The van der Waals surface area contributed by atoms with Gasteiger partial charge in [0.1, 0.15) is 5.69 Å². The number of oxazole rings is 1. The Morgan fingerprint density at radius 2 is 2.25 bits per heavy atom. The fourth-order valence-corrected chi connectivity index (χ4v) is 1.71. The molecule has 0 bridgehead atoms. The van der Waals surface area contributed by atoms with Crippen LogP contribution < -0.4 is 5.73 Å². The van der Waals surface area contributed by atoms with E-state index in [1.807, 2.05) is 6.07 Å². The molecule has 0 radical (unpaired) electrons. The summed E-state index contributed by atoms with van der Waals surface area (Å²) >= 11 is 3.29. The third kappa shape index (κ3) is 1.92. The fraction of sp³-hybridized carbons (Fsp3) is 0. The van der Waals surface area contributed by atoms with Crippen LogP contribution in [0, 0.1) is 0 Å². The molecule has 1 heterocycles. The predicted octanol–water partition coefficient (Wildman–Crippen LogP) is 2.38. The highest BCUT2D eigenvalue weighted by Crippen LogP contribution is 2.27. The van der Waals surface area contributed by atoms with Crippen molar-refractivity contribution in [3.8, 4) is 11.3 Å². The van der Waals surface area contributed by atoms with Crippen molar-refractivity contribution in [1.82, 2.24) is 4.98 Å². The van der Waals surface area contributed by atoms with E-state index < -0.39 is 5.97 Å². The zero-order valence-corrected chi connectivity index (χ0v) is 9.56. The Morgan fingerprint density at radius 1 is 1.50 bits per heavy atom. The lowest BCUT2D eigenvalue weighted by atomic mass is 10.1. The van der Waals surface area contributed by atoms with Crippen molar-refractivity contribution in [2.24, 2.45) is 0 Å². The maximum Gasteiger partial charge on any atom is 0.374 e. The van der Waals surface area contributed by atoms with E-state index >= 15 is 0 Å². The standard InChI is InChI=1S/C10H7BrN2O3/c11-6-3-1-2-5(4-6)7-8(9(14)15)16-10(12)13-7/h1-4H,(H2,12,13)(H,14,15). The maximum atomic E-state index is 10.9. The van der Waals surface area contributed by atoms with Crippen LogP contribution in [0.2, 0.25) is 0 Å². The molecule has 0 fully saturated rings.